The van der Waals surface area contributed by atoms with Crippen LogP contribution in [0.4, 0.5) is 0 Å². The van der Waals surface area contributed by atoms with Crippen molar-refractivity contribution in [1.82, 2.24) is 10.6 Å². The second-order valence-electron chi connectivity index (χ2n) is 4.80. The largest absolute Gasteiger partial charge is 0.357 e. The molecular formula is C12H24IN3O2S. The Morgan fingerprint density at radius 2 is 2.11 bits per heavy atom. The number of sulfone groups is 1. The molecule has 0 aromatic rings. The van der Waals surface area contributed by atoms with Gasteiger partial charge in [-0.15, -0.1) is 24.0 Å². The number of halogens is 1. The van der Waals surface area contributed by atoms with Crippen molar-refractivity contribution in [3.63, 3.8) is 0 Å². The highest BCUT2D eigenvalue weighted by Gasteiger charge is 2.27. The number of nitrogens with zero attached hydrogens (tertiary/aromatic N) is 1. The zero-order valence-electron chi connectivity index (χ0n) is 11.6. The summed E-state index contributed by atoms with van der Waals surface area (Å²) in [6.07, 6.45) is 0.745. The number of guanidine groups is 1. The zero-order valence-corrected chi connectivity index (χ0v) is 14.8. The van der Waals surface area contributed by atoms with Crippen LogP contribution in [0.3, 0.4) is 0 Å². The SMILES string of the molecule is C=C(C)CN=C(NCC)NCC1CCS(=O)(=O)C1.I. The maximum absolute atomic E-state index is 11.3. The first-order valence-corrected chi connectivity index (χ1v) is 8.12. The lowest BCUT2D eigenvalue weighted by molar-refractivity contribution is 0.567. The van der Waals surface area contributed by atoms with Crippen molar-refractivity contribution < 1.29 is 8.42 Å². The first-order valence-electron chi connectivity index (χ1n) is 6.30. The minimum Gasteiger partial charge on any atom is -0.357 e. The summed E-state index contributed by atoms with van der Waals surface area (Å²) in [6.45, 7) is 9.75. The fourth-order valence-electron chi connectivity index (χ4n) is 1.83. The molecule has 0 bridgehead atoms. The lowest BCUT2D eigenvalue weighted by Crippen LogP contribution is -2.40. The molecule has 0 aromatic heterocycles. The highest BCUT2D eigenvalue weighted by atomic mass is 127. The summed E-state index contributed by atoms with van der Waals surface area (Å²) in [5.41, 5.74) is 0.996. The number of hydrogen-bond donors (Lipinski definition) is 2. The molecule has 0 spiro atoms. The molecule has 112 valence electrons. The second-order valence-corrected chi connectivity index (χ2v) is 7.03. The normalized spacial score (nSPS) is 21.6. The third-order valence-corrected chi connectivity index (χ3v) is 4.57. The van der Waals surface area contributed by atoms with Gasteiger partial charge < -0.3 is 10.6 Å². The molecule has 19 heavy (non-hydrogen) atoms. The molecule has 1 saturated heterocycles. The molecule has 2 N–H and O–H groups in total. The van der Waals surface area contributed by atoms with Crippen molar-refractivity contribution >= 4 is 39.8 Å². The van der Waals surface area contributed by atoms with Gasteiger partial charge in [-0.05, 0) is 26.2 Å². The molecule has 1 aliphatic rings. The molecule has 0 aliphatic carbocycles. The van der Waals surface area contributed by atoms with Crippen LogP contribution in [-0.2, 0) is 9.84 Å². The lowest BCUT2D eigenvalue weighted by atomic mass is 10.1. The zero-order chi connectivity index (χ0) is 13.6. The Labute approximate surface area is 133 Å². The topological polar surface area (TPSA) is 70.6 Å². The first kappa shape index (κ1) is 18.7. The van der Waals surface area contributed by atoms with Gasteiger partial charge >= 0.3 is 0 Å². The van der Waals surface area contributed by atoms with E-state index in [0.717, 1.165) is 24.5 Å². The van der Waals surface area contributed by atoms with Crippen molar-refractivity contribution in [3.05, 3.63) is 12.2 Å². The van der Waals surface area contributed by atoms with Gasteiger partial charge in [-0.25, -0.2) is 13.4 Å². The van der Waals surface area contributed by atoms with Gasteiger partial charge in [0.15, 0.2) is 15.8 Å². The van der Waals surface area contributed by atoms with Gasteiger partial charge in [-0.1, -0.05) is 12.2 Å². The van der Waals surface area contributed by atoms with E-state index in [1.54, 1.807) is 0 Å². The summed E-state index contributed by atoms with van der Waals surface area (Å²) in [7, 11) is -2.80. The van der Waals surface area contributed by atoms with Gasteiger partial charge in [0.25, 0.3) is 0 Å². The van der Waals surface area contributed by atoms with Crippen molar-refractivity contribution in [2.24, 2.45) is 10.9 Å². The van der Waals surface area contributed by atoms with Gasteiger partial charge in [-0.3, -0.25) is 0 Å². The number of aliphatic imine (C=N–C) groups is 1. The smallest absolute Gasteiger partial charge is 0.191 e. The van der Waals surface area contributed by atoms with Crippen LogP contribution in [0.15, 0.2) is 17.1 Å². The third kappa shape index (κ3) is 7.76. The van der Waals surface area contributed by atoms with Crippen molar-refractivity contribution in [2.75, 3.05) is 31.1 Å². The van der Waals surface area contributed by atoms with Crippen LogP contribution in [0, 0.1) is 5.92 Å². The van der Waals surface area contributed by atoms with Gasteiger partial charge in [0.05, 0.1) is 18.1 Å². The second kappa shape index (κ2) is 8.78. The number of rotatable bonds is 5. The minimum absolute atomic E-state index is 0. The third-order valence-electron chi connectivity index (χ3n) is 2.74. The van der Waals surface area contributed by atoms with E-state index in [4.69, 9.17) is 0 Å². The van der Waals surface area contributed by atoms with Gasteiger partial charge in [0, 0.05) is 13.1 Å². The molecular weight excluding hydrogens is 377 g/mol. The maximum Gasteiger partial charge on any atom is 0.191 e. The summed E-state index contributed by atoms with van der Waals surface area (Å²) in [5.74, 6) is 1.53. The first-order chi connectivity index (χ1) is 8.43. The average Bonchev–Trinajstić information content (AvgIpc) is 2.62. The molecule has 0 aromatic carbocycles. The Morgan fingerprint density at radius 3 is 2.58 bits per heavy atom. The Kier molecular flexibility index (Phi) is 8.64. The van der Waals surface area contributed by atoms with E-state index in [2.05, 4.69) is 22.2 Å². The average molecular weight is 401 g/mol. The molecule has 1 fully saturated rings. The molecule has 1 aliphatic heterocycles. The molecule has 1 atom stereocenters. The van der Waals surface area contributed by atoms with Gasteiger partial charge in [0.2, 0.25) is 0 Å². The Balaban J connectivity index is 0.00000324. The molecule has 0 saturated carbocycles. The van der Waals surface area contributed by atoms with Crippen LogP contribution in [0.25, 0.3) is 0 Å². The summed E-state index contributed by atoms with van der Waals surface area (Å²) in [6, 6.07) is 0. The number of nitrogens with one attached hydrogen (secondary N) is 2. The van der Waals surface area contributed by atoms with Crippen LogP contribution >= 0.6 is 24.0 Å². The summed E-state index contributed by atoms with van der Waals surface area (Å²) < 4.78 is 22.7. The highest BCUT2D eigenvalue weighted by Crippen LogP contribution is 2.17. The summed E-state index contributed by atoms with van der Waals surface area (Å²) in [4.78, 5) is 4.36. The summed E-state index contributed by atoms with van der Waals surface area (Å²) >= 11 is 0. The Morgan fingerprint density at radius 1 is 1.42 bits per heavy atom. The van der Waals surface area contributed by atoms with Crippen LogP contribution in [0.2, 0.25) is 0 Å². The fourth-order valence-corrected chi connectivity index (χ4v) is 3.69. The Bertz CT molecular complexity index is 421. The van der Waals surface area contributed by atoms with E-state index in [-0.39, 0.29) is 29.9 Å². The quantitative estimate of drug-likeness (QED) is 0.314. The van der Waals surface area contributed by atoms with E-state index in [1.165, 1.54) is 0 Å². The lowest BCUT2D eigenvalue weighted by Gasteiger charge is -2.14. The van der Waals surface area contributed by atoms with E-state index in [9.17, 15) is 8.42 Å². The van der Waals surface area contributed by atoms with Gasteiger partial charge in [-0.2, -0.15) is 0 Å². The molecule has 0 amide bonds. The predicted octanol–water partition coefficient (Wildman–Crippen LogP) is 1.17. The van der Waals surface area contributed by atoms with Crippen LogP contribution in [0.5, 0.6) is 0 Å². The van der Waals surface area contributed by atoms with E-state index < -0.39 is 9.84 Å². The molecule has 1 unspecified atom stereocenters. The summed E-state index contributed by atoms with van der Waals surface area (Å²) in [5, 5.41) is 6.32. The van der Waals surface area contributed by atoms with Crippen molar-refractivity contribution in [1.29, 1.82) is 0 Å². The van der Waals surface area contributed by atoms with Crippen molar-refractivity contribution in [3.8, 4) is 0 Å². The molecule has 0 radical (unpaired) electrons. The fraction of sp³-hybridized carbons (Fsp3) is 0.750. The monoisotopic (exact) mass is 401 g/mol. The van der Waals surface area contributed by atoms with E-state index in [1.807, 2.05) is 13.8 Å². The molecule has 1 rings (SSSR count). The van der Waals surface area contributed by atoms with E-state index >= 15 is 0 Å². The standard InChI is InChI=1S/C12H23N3O2S.HI/c1-4-13-12(14-7-10(2)3)15-8-11-5-6-18(16,17)9-11;/h11H,2,4-9H2,1,3H3,(H2,13,14,15);1H. The van der Waals surface area contributed by atoms with Crippen LogP contribution < -0.4 is 10.6 Å². The molecule has 1 heterocycles. The van der Waals surface area contributed by atoms with E-state index in [0.29, 0.717) is 24.6 Å². The predicted molar refractivity (Wildman–Crippen MR) is 91.0 cm³/mol. The minimum atomic E-state index is -2.80. The molecule has 7 heteroatoms. The van der Waals surface area contributed by atoms with Crippen molar-refractivity contribution in [2.45, 2.75) is 20.3 Å². The molecule has 5 nitrogen and oxygen atoms in total. The van der Waals surface area contributed by atoms with Crippen LogP contribution in [-0.4, -0.2) is 45.5 Å². The van der Waals surface area contributed by atoms with Crippen LogP contribution in [0.1, 0.15) is 20.3 Å². The highest BCUT2D eigenvalue weighted by molar-refractivity contribution is 14.0. The number of hydrogen-bond acceptors (Lipinski definition) is 3. The van der Waals surface area contributed by atoms with Gasteiger partial charge in [0.1, 0.15) is 0 Å². The Hall–Kier alpha value is -0.310. The maximum atomic E-state index is 11.3.